The van der Waals surface area contributed by atoms with E-state index in [0.29, 0.717) is 0 Å². The zero-order chi connectivity index (χ0) is 11.5. The molecule has 1 nitrogen and oxygen atoms in total. The van der Waals surface area contributed by atoms with Gasteiger partial charge in [-0.3, -0.25) is 0 Å². The fourth-order valence-electron chi connectivity index (χ4n) is 1.59. The Morgan fingerprint density at radius 1 is 1.07 bits per heavy atom. The van der Waals surface area contributed by atoms with Gasteiger partial charge in [-0.2, -0.15) is 0 Å². The molecule has 2 aliphatic rings. The van der Waals surface area contributed by atoms with E-state index in [0.717, 1.165) is 19.5 Å². The van der Waals surface area contributed by atoms with Crippen molar-refractivity contribution in [2.75, 3.05) is 13.1 Å². The molecule has 1 aliphatic carbocycles. The summed E-state index contributed by atoms with van der Waals surface area (Å²) < 4.78 is 0. The summed E-state index contributed by atoms with van der Waals surface area (Å²) in [6.07, 6.45) is 11.2. The van der Waals surface area contributed by atoms with Crippen LogP contribution >= 0.6 is 0 Å². The molecule has 0 aromatic carbocycles. The fourth-order valence-corrected chi connectivity index (χ4v) is 1.59. The number of hydrogen-bond donors (Lipinski definition) is 1. The molecule has 2 rings (SSSR count). The van der Waals surface area contributed by atoms with Gasteiger partial charge in [0.2, 0.25) is 0 Å². The minimum Gasteiger partial charge on any atom is -0.312 e. The SMILES string of the molecule is C1=CCC=C2CNCCC2=C1.CC.CC. The van der Waals surface area contributed by atoms with E-state index in [2.05, 4.69) is 29.6 Å². The second kappa shape index (κ2) is 9.72. The van der Waals surface area contributed by atoms with Crippen LogP contribution in [0.1, 0.15) is 40.5 Å². The van der Waals surface area contributed by atoms with E-state index in [1.807, 2.05) is 27.7 Å². The Bertz CT molecular complexity index is 234. The number of allylic oxidation sites excluding steroid dienone is 4. The second-order valence-electron chi connectivity index (χ2n) is 3.01. The highest BCUT2D eigenvalue weighted by Crippen LogP contribution is 2.19. The molecule has 0 bridgehead atoms. The van der Waals surface area contributed by atoms with Crippen LogP contribution in [-0.4, -0.2) is 13.1 Å². The first-order valence-corrected chi connectivity index (χ1v) is 6.22. The van der Waals surface area contributed by atoms with Crippen molar-refractivity contribution in [3.8, 4) is 0 Å². The van der Waals surface area contributed by atoms with E-state index >= 15 is 0 Å². The van der Waals surface area contributed by atoms with Gasteiger partial charge in [-0.15, -0.1) is 0 Å². The first-order chi connectivity index (χ1) is 7.47. The van der Waals surface area contributed by atoms with Crippen LogP contribution in [0.3, 0.4) is 0 Å². The predicted octanol–water partition coefficient (Wildman–Crippen LogP) is 3.84. The van der Waals surface area contributed by atoms with E-state index in [4.69, 9.17) is 0 Å². The van der Waals surface area contributed by atoms with E-state index < -0.39 is 0 Å². The predicted molar refractivity (Wildman–Crippen MR) is 70.1 cm³/mol. The molecule has 1 saturated heterocycles. The number of fused-ring (bicyclic) bond motifs is 1. The van der Waals surface area contributed by atoms with Crippen LogP contribution in [-0.2, 0) is 0 Å². The van der Waals surface area contributed by atoms with Crippen molar-refractivity contribution in [1.82, 2.24) is 5.32 Å². The standard InChI is InChI=1S/C10H13N.2C2H6/c1-2-4-9-6-7-11-8-10(9)5-3-1;2*1-2/h1-2,4-5,11H,3,6-8H2;2*1-2H3. The molecule has 0 atom stereocenters. The topological polar surface area (TPSA) is 12.0 Å². The van der Waals surface area contributed by atoms with Gasteiger partial charge in [0.1, 0.15) is 0 Å². The van der Waals surface area contributed by atoms with E-state index in [1.54, 1.807) is 0 Å². The van der Waals surface area contributed by atoms with Gasteiger partial charge in [0.25, 0.3) is 0 Å². The molecule has 0 spiro atoms. The highest BCUT2D eigenvalue weighted by molar-refractivity contribution is 5.38. The molecule has 0 radical (unpaired) electrons. The highest BCUT2D eigenvalue weighted by Gasteiger charge is 2.09. The second-order valence-corrected chi connectivity index (χ2v) is 3.01. The van der Waals surface area contributed by atoms with Crippen LogP contribution < -0.4 is 5.32 Å². The molecule has 0 saturated carbocycles. The van der Waals surface area contributed by atoms with Gasteiger partial charge < -0.3 is 5.32 Å². The summed E-state index contributed by atoms with van der Waals surface area (Å²) >= 11 is 0. The molecule has 1 heteroatoms. The van der Waals surface area contributed by atoms with Crippen molar-refractivity contribution < 1.29 is 0 Å². The number of hydrogen-bond acceptors (Lipinski definition) is 1. The number of rotatable bonds is 0. The Morgan fingerprint density at radius 3 is 2.53 bits per heavy atom. The lowest BCUT2D eigenvalue weighted by molar-refractivity contribution is 0.682. The van der Waals surface area contributed by atoms with Crippen LogP contribution in [0.25, 0.3) is 0 Å². The lowest BCUT2D eigenvalue weighted by Gasteiger charge is -2.18. The maximum atomic E-state index is 3.37. The summed E-state index contributed by atoms with van der Waals surface area (Å²) in [5.41, 5.74) is 3.03. The van der Waals surface area contributed by atoms with Crippen molar-refractivity contribution in [2.45, 2.75) is 40.5 Å². The smallest absolute Gasteiger partial charge is 0.0205 e. The molecule has 86 valence electrons. The molecule has 0 amide bonds. The Hall–Kier alpha value is -0.820. The van der Waals surface area contributed by atoms with Gasteiger partial charge in [0.15, 0.2) is 0 Å². The summed E-state index contributed by atoms with van der Waals surface area (Å²) in [6, 6.07) is 0. The Labute approximate surface area is 95.0 Å². The van der Waals surface area contributed by atoms with Crippen LogP contribution in [0.4, 0.5) is 0 Å². The number of piperidine rings is 1. The molecule has 1 aliphatic heterocycles. The summed E-state index contributed by atoms with van der Waals surface area (Å²) in [5, 5.41) is 3.37. The van der Waals surface area contributed by atoms with Crippen LogP contribution in [0.2, 0.25) is 0 Å². The monoisotopic (exact) mass is 207 g/mol. The largest absolute Gasteiger partial charge is 0.312 e. The van der Waals surface area contributed by atoms with Gasteiger partial charge in [-0.25, -0.2) is 0 Å². The molecule has 15 heavy (non-hydrogen) atoms. The zero-order valence-electron chi connectivity index (χ0n) is 10.6. The quantitative estimate of drug-likeness (QED) is 0.636. The Balaban J connectivity index is 0.000000442. The minimum absolute atomic E-state index is 1.06. The maximum absolute atomic E-state index is 3.37. The van der Waals surface area contributed by atoms with Gasteiger partial charge >= 0.3 is 0 Å². The van der Waals surface area contributed by atoms with Gasteiger partial charge in [0.05, 0.1) is 0 Å². The Morgan fingerprint density at radius 2 is 1.80 bits per heavy atom. The molecule has 0 aromatic heterocycles. The molecular formula is C14H25N. The first-order valence-electron chi connectivity index (χ1n) is 6.22. The van der Waals surface area contributed by atoms with Gasteiger partial charge in [-0.05, 0) is 30.5 Å². The lowest BCUT2D eigenvalue weighted by Crippen LogP contribution is -2.25. The first kappa shape index (κ1) is 14.2. The van der Waals surface area contributed by atoms with E-state index in [-0.39, 0.29) is 0 Å². The van der Waals surface area contributed by atoms with E-state index in [9.17, 15) is 0 Å². The van der Waals surface area contributed by atoms with Crippen molar-refractivity contribution in [3.05, 3.63) is 35.5 Å². The highest BCUT2D eigenvalue weighted by atomic mass is 14.9. The summed E-state index contributed by atoms with van der Waals surface area (Å²) in [5.74, 6) is 0. The van der Waals surface area contributed by atoms with Crippen molar-refractivity contribution in [3.63, 3.8) is 0 Å². The third-order valence-electron chi connectivity index (χ3n) is 2.23. The average Bonchev–Trinajstić information content (AvgIpc) is 2.59. The zero-order valence-corrected chi connectivity index (χ0v) is 10.6. The third kappa shape index (κ3) is 4.98. The summed E-state index contributed by atoms with van der Waals surface area (Å²) in [6.45, 7) is 10.2. The normalized spacial score (nSPS) is 17.9. The molecule has 0 aromatic rings. The average molecular weight is 207 g/mol. The summed E-state index contributed by atoms with van der Waals surface area (Å²) in [7, 11) is 0. The molecule has 1 heterocycles. The van der Waals surface area contributed by atoms with Crippen molar-refractivity contribution in [2.24, 2.45) is 0 Å². The van der Waals surface area contributed by atoms with Crippen LogP contribution in [0.5, 0.6) is 0 Å². The Kier molecular flexibility index (Phi) is 9.19. The van der Waals surface area contributed by atoms with Crippen molar-refractivity contribution in [1.29, 1.82) is 0 Å². The van der Waals surface area contributed by atoms with Crippen LogP contribution in [0, 0.1) is 0 Å². The lowest BCUT2D eigenvalue weighted by atomic mass is 9.99. The minimum atomic E-state index is 1.06. The molecule has 0 unspecified atom stereocenters. The molecule has 1 fully saturated rings. The summed E-state index contributed by atoms with van der Waals surface area (Å²) in [4.78, 5) is 0. The maximum Gasteiger partial charge on any atom is 0.0205 e. The van der Waals surface area contributed by atoms with Crippen LogP contribution in [0.15, 0.2) is 35.5 Å². The fraction of sp³-hybridized carbons (Fsp3) is 0.571. The van der Waals surface area contributed by atoms with Gasteiger partial charge in [0, 0.05) is 6.54 Å². The van der Waals surface area contributed by atoms with Crippen molar-refractivity contribution >= 4 is 0 Å². The molecular weight excluding hydrogens is 182 g/mol. The van der Waals surface area contributed by atoms with E-state index in [1.165, 1.54) is 17.6 Å². The third-order valence-corrected chi connectivity index (χ3v) is 2.23. The molecule has 1 N–H and O–H groups in total. The van der Waals surface area contributed by atoms with Gasteiger partial charge in [-0.1, -0.05) is 52.0 Å². The number of nitrogens with one attached hydrogen (secondary N) is 1.